The van der Waals surface area contributed by atoms with Gasteiger partial charge in [0.25, 0.3) is 12.3 Å². The Morgan fingerprint density at radius 2 is 1.88 bits per heavy atom. The summed E-state index contributed by atoms with van der Waals surface area (Å²) in [5.74, 6) is -3.11. The Bertz CT molecular complexity index is 220. The molecule has 0 unspecified atom stereocenters. The fraction of sp³-hybridized carbons (Fsp3) is 1.00. The van der Waals surface area contributed by atoms with Crippen LogP contribution in [0.15, 0.2) is 0 Å². The van der Waals surface area contributed by atoms with E-state index in [9.17, 15) is 17.6 Å². The second-order valence-electron chi connectivity index (χ2n) is 4.36. The first-order valence-electron chi connectivity index (χ1n) is 5.65. The van der Waals surface area contributed by atoms with E-state index in [0.29, 0.717) is 25.9 Å². The molecule has 1 heterocycles. The molecule has 7 heteroatoms. The molecule has 0 amide bonds. The molecule has 1 aliphatic rings. The van der Waals surface area contributed by atoms with Gasteiger partial charge in [-0.1, -0.05) is 0 Å². The van der Waals surface area contributed by atoms with Crippen LogP contribution in [0.5, 0.6) is 0 Å². The first-order chi connectivity index (χ1) is 7.93. The van der Waals surface area contributed by atoms with Crippen molar-refractivity contribution < 1.29 is 22.7 Å². The van der Waals surface area contributed by atoms with Crippen LogP contribution in [-0.4, -0.2) is 61.2 Å². The van der Waals surface area contributed by atoms with Crippen molar-refractivity contribution in [1.29, 1.82) is 0 Å². The molecule has 0 aliphatic carbocycles. The first kappa shape index (κ1) is 14.7. The highest BCUT2D eigenvalue weighted by molar-refractivity contribution is 4.80. The molecule has 0 radical (unpaired) electrons. The highest BCUT2D eigenvalue weighted by atomic mass is 19.3. The maximum absolute atomic E-state index is 12.7. The number of piperidine rings is 1. The molecule has 0 aromatic rings. The van der Waals surface area contributed by atoms with Gasteiger partial charge >= 0.3 is 0 Å². The van der Waals surface area contributed by atoms with Crippen molar-refractivity contribution in [1.82, 2.24) is 10.2 Å². The summed E-state index contributed by atoms with van der Waals surface area (Å²) in [6.45, 7) is -1.01. The average Bonchev–Trinajstić information content (AvgIpc) is 2.28. The number of aliphatic hydroxyl groups is 1. The van der Waals surface area contributed by atoms with E-state index >= 15 is 0 Å². The molecular weight excluding hydrogens is 240 g/mol. The minimum Gasteiger partial charge on any atom is -0.390 e. The van der Waals surface area contributed by atoms with E-state index in [0.717, 1.165) is 0 Å². The lowest BCUT2D eigenvalue weighted by molar-refractivity contribution is -0.0506. The summed E-state index contributed by atoms with van der Waals surface area (Å²) < 4.78 is 49.6. The molecule has 102 valence electrons. The summed E-state index contributed by atoms with van der Waals surface area (Å²) >= 11 is 0. The maximum atomic E-state index is 12.7. The summed E-state index contributed by atoms with van der Waals surface area (Å²) in [7, 11) is 0. The molecule has 0 aromatic carbocycles. The third-order valence-corrected chi connectivity index (χ3v) is 2.86. The summed E-state index contributed by atoms with van der Waals surface area (Å²) in [4.78, 5) is 1.63. The fourth-order valence-corrected chi connectivity index (χ4v) is 1.86. The number of alkyl halides is 4. The minimum atomic E-state index is -3.11. The number of hydrogen-bond donors (Lipinski definition) is 2. The van der Waals surface area contributed by atoms with Crippen molar-refractivity contribution in [3.8, 4) is 0 Å². The van der Waals surface area contributed by atoms with Gasteiger partial charge in [-0.3, -0.25) is 4.90 Å². The van der Waals surface area contributed by atoms with Gasteiger partial charge in [0, 0.05) is 6.04 Å². The zero-order chi connectivity index (χ0) is 12.9. The van der Waals surface area contributed by atoms with Gasteiger partial charge in [-0.25, -0.2) is 17.6 Å². The Kier molecular flexibility index (Phi) is 5.61. The second kappa shape index (κ2) is 6.51. The van der Waals surface area contributed by atoms with Crippen LogP contribution in [0.1, 0.15) is 12.8 Å². The SMILES string of the molecule is OCC(F)(F)CNC1CCN(CC(F)F)CC1. The van der Waals surface area contributed by atoms with Gasteiger partial charge in [0.15, 0.2) is 0 Å². The zero-order valence-electron chi connectivity index (χ0n) is 9.51. The Morgan fingerprint density at radius 1 is 1.29 bits per heavy atom. The first-order valence-corrected chi connectivity index (χ1v) is 5.65. The molecule has 2 N–H and O–H groups in total. The van der Waals surface area contributed by atoms with Gasteiger partial charge < -0.3 is 10.4 Å². The normalized spacial score (nSPS) is 20.1. The summed E-state index contributed by atoms with van der Waals surface area (Å²) in [5.41, 5.74) is 0. The molecule has 0 bridgehead atoms. The quantitative estimate of drug-likeness (QED) is 0.696. The molecule has 17 heavy (non-hydrogen) atoms. The van der Waals surface area contributed by atoms with E-state index in [2.05, 4.69) is 5.32 Å². The molecule has 0 saturated carbocycles. The maximum Gasteiger partial charge on any atom is 0.282 e. The molecule has 1 saturated heterocycles. The number of rotatable bonds is 6. The highest BCUT2D eigenvalue weighted by Crippen LogP contribution is 2.15. The van der Waals surface area contributed by atoms with Gasteiger partial charge in [-0.15, -0.1) is 0 Å². The second-order valence-corrected chi connectivity index (χ2v) is 4.36. The Morgan fingerprint density at radius 3 is 2.35 bits per heavy atom. The van der Waals surface area contributed by atoms with Gasteiger partial charge in [-0.2, -0.15) is 0 Å². The van der Waals surface area contributed by atoms with Crippen LogP contribution < -0.4 is 5.32 Å². The predicted octanol–water partition coefficient (Wildman–Crippen LogP) is 0.933. The lowest BCUT2D eigenvalue weighted by Gasteiger charge is -2.32. The van der Waals surface area contributed by atoms with Crippen molar-refractivity contribution in [3.05, 3.63) is 0 Å². The zero-order valence-corrected chi connectivity index (χ0v) is 9.51. The Hall–Kier alpha value is -0.400. The molecule has 0 aromatic heterocycles. The average molecular weight is 258 g/mol. The van der Waals surface area contributed by atoms with Crippen molar-refractivity contribution in [2.75, 3.05) is 32.8 Å². The molecule has 1 rings (SSSR count). The smallest absolute Gasteiger partial charge is 0.282 e. The number of nitrogens with zero attached hydrogens (tertiary/aromatic N) is 1. The number of likely N-dealkylation sites (tertiary alicyclic amines) is 1. The number of nitrogens with one attached hydrogen (secondary N) is 1. The monoisotopic (exact) mass is 258 g/mol. The lowest BCUT2D eigenvalue weighted by atomic mass is 10.0. The van der Waals surface area contributed by atoms with Crippen LogP contribution in [0.3, 0.4) is 0 Å². The van der Waals surface area contributed by atoms with Gasteiger partial charge in [0.05, 0.1) is 13.1 Å². The largest absolute Gasteiger partial charge is 0.390 e. The minimum absolute atomic E-state index is 0.0821. The number of aliphatic hydroxyl groups excluding tert-OH is 1. The molecule has 1 aliphatic heterocycles. The van der Waals surface area contributed by atoms with Crippen LogP contribution in [-0.2, 0) is 0 Å². The van der Waals surface area contributed by atoms with Crippen molar-refractivity contribution >= 4 is 0 Å². The van der Waals surface area contributed by atoms with E-state index in [1.165, 1.54) is 0 Å². The van der Waals surface area contributed by atoms with Gasteiger partial charge in [0.1, 0.15) is 6.61 Å². The van der Waals surface area contributed by atoms with Crippen LogP contribution in [0.25, 0.3) is 0 Å². The molecular formula is C10H18F4N2O. The van der Waals surface area contributed by atoms with Gasteiger partial charge in [0.2, 0.25) is 0 Å². The van der Waals surface area contributed by atoms with Crippen molar-refractivity contribution in [2.24, 2.45) is 0 Å². The standard InChI is InChI=1S/C10H18F4N2O/c11-9(12)5-16-3-1-8(2-4-16)15-6-10(13,14)7-17/h8-9,15,17H,1-7H2. The van der Waals surface area contributed by atoms with E-state index in [1.807, 2.05) is 0 Å². The van der Waals surface area contributed by atoms with Gasteiger partial charge in [-0.05, 0) is 25.9 Å². The molecule has 3 nitrogen and oxygen atoms in total. The van der Waals surface area contributed by atoms with Crippen LogP contribution in [0.2, 0.25) is 0 Å². The Labute approximate surface area is 97.8 Å². The van der Waals surface area contributed by atoms with Crippen molar-refractivity contribution in [2.45, 2.75) is 31.2 Å². The summed E-state index contributed by atoms with van der Waals surface area (Å²) in [6.07, 6.45) is -1.19. The topological polar surface area (TPSA) is 35.5 Å². The van der Waals surface area contributed by atoms with Crippen LogP contribution in [0.4, 0.5) is 17.6 Å². The number of halogens is 4. The highest BCUT2D eigenvalue weighted by Gasteiger charge is 2.29. The third-order valence-electron chi connectivity index (χ3n) is 2.86. The van der Waals surface area contributed by atoms with Crippen LogP contribution >= 0.6 is 0 Å². The molecule has 1 fully saturated rings. The summed E-state index contributed by atoms with van der Waals surface area (Å²) in [5, 5.41) is 11.0. The van der Waals surface area contributed by atoms with E-state index < -0.39 is 25.5 Å². The van der Waals surface area contributed by atoms with E-state index in [-0.39, 0.29) is 12.6 Å². The number of hydrogen-bond acceptors (Lipinski definition) is 3. The molecule has 0 spiro atoms. The summed E-state index contributed by atoms with van der Waals surface area (Å²) in [6, 6.07) is -0.0821. The van der Waals surface area contributed by atoms with E-state index in [4.69, 9.17) is 5.11 Å². The van der Waals surface area contributed by atoms with E-state index in [1.54, 1.807) is 4.90 Å². The molecule has 0 atom stereocenters. The Balaban J connectivity index is 2.19. The fourth-order valence-electron chi connectivity index (χ4n) is 1.86. The van der Waals surface area contributed by atoms with Crippen LogP contribution in [0, 0.1) is 0 Å². The third kappa shape index (κ3) is 5.65. The lowest BCUT2D eigenvalue weighted by Crippen LogP contribution is -2.47. The predicted molar refractivity (Wildman–Crippen MR) is 55.5 cm³/mol. The van der Waals surface area contributed by atoms with Crippen molar-refractivity contribution in [3.63, 3.8) is 0 Å².